The van der Waals surface area contributed by atoms with E-state index < -0.39 is 0 Å². The lowest BCUT2D eigenvalue weighted by Gasteiger charge is -2.18. The van der Waals surface area contributed by atoms with Gasteiger partial charge < -0.3 is 4.74 Å². The number of thiazole rings is 1. The van der Waals surface area contributed by atoms with Gasteiger partial charge in [-0.1, -0.05) is 23.5 Å². The number of carbonyl (C=O) groups is 1. The Morgan fingerprint density at radius 3 is 2.93 bits per heavy atom. The van der Waals surface area contributed by atoms with Gasteiger partial charge in [0, 0.05) is 23.3 Å². The van der Waals surface area contributed by atoms with Crippen LogP contribution in [0.2, 0.25) is 0 Å². The molecule has 0 aliphatic rings. The molecule has 0 radical (unpaired) electrons. The molecule has 3 aromatic heterocycles. The molecule has 140 valence electrons. The van der Waals surface area contributed by atoms with Gasteiger partial charge in [0.25, 0.3) is 5.91 Å². The van der Waals surface area contributed by atoms with Crippen molar-refractivity contribution in [1.82, 2.24) is 9.97 Å². The quantitative estimate of drug-likeness (QED) is 0.422. The summed E-state index contributed by atoms with van der Waals surface area (Å²) in [5.74, 6) is 0.647. The normalized spacial score (nSPS) is 11.2. The van der Waals surface area contributed by atoms with E-state index in [-0.39, 0.29) is 5.91 Å². The van der Waals surface area contributed by atoms with Crippen LogP contribution in [-0.2, 0) is 11.3 Å². The number of methoxy groups -OCH3 is 1. The maximum Gasteiger partial charge on any atom is 0.253 e. The molecule has 0 saturated heterocycles. The predicted octanol–water partition coefficient (Wildman–Crippen LogP) is 5.01. The van der Waals surface area contributed by atoms with Crippen LogP contribution in [0.15, 0.2) is 66.3 Å². The predicted molar refractivity (Wildman–Crippen MR) is 115 cm³/mol. The van der Waals surface area contributed by atoms with E-state index in [0.29, 0.717) is 11.7 Å². The van der Waals surface area contributed by atoms with Crippen molar-refractivity contribution >= 4 is 50.0 Å². The molecule has 0 spiro atoms. The number of nitrogens with zero attached hydrogens (tertiary/aromatic N) is 3. The Morgan fingerprint density at radius 2 is 2.18 bits per heavy atom. The summed E-state index contributed by atoms with van der Waals surface area (Å²) >= 11 is 3.06. The summed E-state index contributed by atoms with van der Waals surface area (Å²) in [4.78, 5) is 24.5. The van der Waals surface area contributed by atoms with Gasteiger partial charge in [-0.3, -0.25) is 14.7 Å². The van der Waals surface area contributed by atoms with E-state index in [4.69, 9.17) is 4.74 Å². The molecule has 1 amide bonds. The number of ether oxygens (including phenoxy) is 1. The fourth-order valence-electron chi connectivity index (χ4n) is 2.68. The summed E-state index contributed by atoms with van der Waals surface area (Å²) in [6.07, 6.45) is 6.91. The lowest BCUT2D eigenvalue weighted by atomic mass is 10.2. The maximum absolute atomic E-state index is 13.0. The van der Waals surface area contributed by atoms with E-state index in [1.54, 1.807) is 41.8 Å². The first kappa shape index (κ1) is 18.3. The van der Waals surface area contributed by atoms with Gasteiger partial charge in [0.15, 0.2) is 5.13 Å². The Morgan fingerprint density at radius 1 is 1.25 bits per heavy atom. The van der Waals surface area contributed by atoms with Gasteiger partial charge in [-0.25, -0.2) is 4.98 Å². The number of aromatic nitrogens is 2. The van der Waals surface area contributed by atoms with Crippen molar-refractivity contribution in [3.8, 4) is 5.75 Å². The van der Waals surface area contributed by atoms with E-state index >= 15 is 0 Å². The monoisotopic (exact) mass is 407 g/mol. The van der Waals surface area contributed by atoms with E-state index in [1.807, 2.05) is 53.9 Å². The molecule has 0 fully saturated rings. The van der Waals surface area contributed by atoms with Crippen LogP contribution in [0.3, 0.4) is 0 Å². The van der Waals surface area contributed by atoms with Gasteiger partial charge >= 0.3 is 0 Å². The number of fused-ring (bicyclic) bond motifs is 1. The van der Waals surface area contributed by atoms with Crippen molar-refractivity contribution < 1.29 is 9.53 Å². The Kier molecular flexibility index (Phi) is 5.45. The Hall–Kier alpha value is -3.03. The lowest BCUT2D eigenvalue weighted by molar-refractivity contribution is -0.114. The second-order valence-electron chi connectivity index (χ2n) is 5.96. The van der Waals surface area contributed by atoms with Gasteiger partial charge in [0.1, 0.15) is 5.75 Å². The van der Waals surface area contributed by atoms with Crippen LogP contribution < -0.4 is 9.64 Å². The summed E-state index contributed by atoms with van der Waals surface area (Å²) in [6, 6.07) is 13.5. The molecule has 0 aliphatic heterocycles. The van der Waals surface area contributed by atoms with Crippen molar-refractivity contribution in [3.05, 3.63) is 76.8 Å². The van der Waals surface area contributed by atoms with E-state index in [2.05, 4.69) is 9.97 Å². The van der Waals surface area contributed by atoms with Crippen LogP contribution >= 0.6 is 22.7 Å². The number of hydrogen-bond donors (Lipinski definition) is 0. The number of pyridine rings is 1. The van der Waals surface area contributed by atoms with Gasteiger partial charge in [-0.05, 0) is 47.4 Å². The third kappa shape index (κ3) is 4.11. The number of hydrogen-bond acceptors (Lipinski definition) is 6. The van der Waals surface area contributed by atoms with Crippen LogP contribution in [0.4, 0.5) is 5.13 Å². The molecule has 7 heteroatoms. The van der Waals surface area contributed by atoms with Crippen LogP contribution in [0.5, 0.6) is 5.75 Å². The molecular formula is C21H17N3O2S2. The van der Waals surface area contributed by atoms with Crippen molar-refractivity contribution in [2.24, 2.45) is 0 Å². The summed E-state index contributed by atoms with van der Waals surface area (Å²) in [5, 5.41) is 2.63. The Balaban J connectivity index is 1.68. The molecular weight excluding hydrogens is 390 g/mol. The van der Waals surface area contributed by atoms with E-state index in [0.717, 1.165) is 26.4 Å². The van der Waals surface area contributed by atoms with Crippen LogP contribution in [0.25, 0.3) is 16.3 Å². The van der Waals surface area contributed by atoms with Crippen molar-refractivity contribution in [2.75, 3.05) is 12.0 Å². The highest BCUT2D eigenvalue weighted by Gasteiger charge is 2.19. The third-order valence-corrected chi connectivity index (χ3v) is 5.96. The van der Waals surface area contributed by atoms with Crippen LogP contribution in [0, 0.1) is 0 Å². The molecule has 1 aromatic carbocycles. The standard InChI is InChI=1S/C21H17N3O2S2/c1-26-16-6-8-18-19(12-16)28-21(23-18)24(14-15-4-2-10-22-13-15)20(25)9-7-17-5-3-11-27-17/h2-13H,14H2,1H3. The number of carbonyl (C=O) groups excluding carboxylic acids is 1. The van der Waals surface area contributed by atoms with E-state index in [1.165, 1.54) is 11.3 Å². The minimum Gasteiger partial charge on any atom is -0.497 e. The Bertz CT molecular complexity index is 1110. The molecule has 3 heterocycles. The zero-order valence-corrected chi connectivity index (χ0v) is 16.7. The molecule has 4 rings (SSSR count). The first-order valence-corrected chi connectivity index (χ1v) is 10.3. The first-order valence-electron chi connectivity index (χ1n) is 8.59. The zero-order valence-electron chi connectivity index (χ0n) is 15.1. The third-order valence-electron chi connectivity index (χ3n) is 4.08. The minimum absolute atomic E-state index is 0.122. The highest BCUT2D eigenvalue weighted by molar-refractivity contribution is 7.22. The van der Waals surface area contributed by atoms with Gasteiger partial charge in [0.05, 0.1) is 23.9 Å². The zero-order chi connectivity index (χ0) is 19.3. The van der Waals surface area contributed by atoms with Crippen LogP contribution in [0.1, 0.15) is 10.4 Å². The maximum atomic E-state index is 13.0. The number of amides is 1. The van der Waals surface area contributed by atoms with Crippen molar-refractivity contribution in [1.29, 1.82) is 0 Å². The smallest absolute Gasteiger partial charge is 0.253 e. The molecule has 0 saturated carbocycles. The summed E-state index contributed by atoms with van der Waals surface area (Å²) in [6.45, 7) is 0.401. The van der Waals surface area contributed by atoms with E-state index in [9.17, 15) is 4.79 Å². The minimum atomic E-state index is -0.122. The molecule has 0 unspecified atom stereocenters. The highest BCUT2D eigenvalue weighted by atomic mass is 32.1. The Labute approximate surface area is 170 Å². The molecule has 28 heavy (non-hydrogen) atoms. The number of anilines is 1. The second-order valence-corrected chi connectivity index (χ2v) is 7.95. The second kappa shape index (κ2) is 8.33. The average molecular weight is 408 g/mol. The topological polar surface area (TPSA) is 55.3 Å². The molecule has 0 bridgehead atoms. The number of benzene rings is 1. The number of rotatable bonds is 6. The van der Waals surface area contributed by atoms with Gasteiger partial charge in [0.2, 0.25) is 0 Å². The lowest BCUT2D eigenvalue weighted by Crippen LogP contribution is -2.28. The molecule has 4 aromatic rings. The molecule has 0 aliphatic carbocycles. The summed E-state index contributed by atoms with van der Waals surface area (Å²) in [7, 11) is 1.64. The van der Waals surface area contributed by atoms with Crippen molar-refractivity contribution in [2.45, 2.75) is 6.54 Å². The SMILES string of the molecule is COc1ccc2nc(N(Cc3cccnc3)C(=O)C=Cc3cccs3)sc2c1. The van der Waals surface area contributed by atoms with Crippen LogP contribution in [-0.4, -0.2) is 23.0 Å². The summed E-state index contributed by atoms with van der Waals surface area (Å²) < 4.78 is 6.27. The summed E-state index contributed by atoms with van der Waals surface area (Å²) in [5.41, 5.74) is 1.78. The molecule has 0 N–H and O–H groups in total. The van der Waals surface area contributed by atoms with Gasteiger partial charge in [-0.15, -0.1) is 11.3 Å². The van der Waals surface area contributed by atoms with Crippen molar-refractivity contribution in [3.63, 3.8) is 0 Å². The fourth-order valence-corrected chi connectivity index (χ4v) is 4.30. The highest BCUT2D eigenvalue weighted by Crippen LogP contribution is 2.32. The fraction of sp³-hybridized carbons (Fsp3) is 0.0952. The molecule has 0 atom stereocenters. The molecule has 5 nitrogen and oxygen atoms in total. The van der Waals surface area contributed by atoms with Gasteiger partial charge in [-0.2, -0.15) is 0 Å². The number of thiophene rings is 1. The average Bonchev–Trinajstić information content (AvgIpc) is 3.39. The first-order chi connectivity index (χ1) is 13.7. The largest absolute Gasteiger partial charge is 0.497 e.